The smallest absolute Gasteiger partial charge is 0.100 e. The van der Waals surface area contributed by atoms with Gasteiger partial charge in [-0.2, -0.15) is 0 Å². The third-order valence-corrected chi connectivity index (χ3v) is 1.32. The zero-order chi connectivity index (χ0) is 6.69. The summed E-state index contributed by atoms with van der Waals surface area (Å²) in [6, 6.07) is 0. The van der Waals surface area contributed by atoms with Crippen LogP contribution in [0.15, 0.2) is 23.6 Å². The van der Waals surface area contributed by atoms with Gasteiger partial charge in [-0.15, -0.1) is 0 Å². The van der Waals surface area contributed by atoms with Crippen molar-refractivity contribution in [1.82, 2.24) is 0 Å². The predicted molar refractivity (Wildman–Crippen MR) is 35.3 cm³/mol. The van der Waals surface area contributed by atoms with Crippen LogP contribution >= 0.6 is 0 Å². The van der Waals surface area contributed by atoms with Gasteiger partial charge in [-0.3, -0.25) is 0 Å². The van der Waals surface area contributed by atoms with Gasteiger partial charge in [0.15, 0.2) is 0 Å². The SMILES string of the molecule is N=CC1=CC=C(F)CC1. The highest BCUT2D eigenvalue weighted by molar-refractivity contribution is 5.76. The fraction of sp³-hybridized carbons (Fsp3) is 0.286. The predicted octanol–water partition coefficient (Wildman–Crippen LogP) is 2.21. The molecule has 0 saturated heterocycles. The molecule has 9 heavy (non-hydrogen) atoms. The summed E-state index contributed by atoms with van der Waals surface area (Å²) in [7, 11) is 0. The van der Waals surface area contributed by atoms with Gasteiger partial charge in [0, 0.05) is 12.6 Å². The van der Waals surface area contributed by atoms with Crippen molar-refractivity contribution in [3.05, 3.63) is 23.6 Å². The van der Waals surface area contributed by atoms with E-state index in [4.69, 9.17) is 5.41 Å². The Hall–Kier alpha value is -0.920. The van der Waals surface area contributed by atoms with E-state index in [9.17, 15) is 4.39 Å². The van der Waals surface area contributed by atoms with Crippen molar-refractivity contribution in [2.75, 3.05) is 0 Å². The van der Waals surface area contributed by atoms with Gasteiger partial charge < -0.3 is 5.41 Å². The van der Waals surface area contributed by atoms with Gasteiger partial charge in [0.05, 0.1) is 0 Å². The lowest BCUT2D eigenvalue weighted by Gasteiger charge is -2.02. The van der Waals surface area contributed by atoms with Gasteiger partial charge in [-0.25, -0.2) is 4.39 Å². The highest BCUT2D eigenvalue weighted by Gasteiger charge is 2.01. The van der Waals surface area contributed by atoms with Crippen molar-refractivity contribution in [2.45, 2.75) is 12.8 Å². The van der Waals surface area contributed by atoms with Gasteiger partial charge in [0.25, 0.3) is 0 Å². The molecule has 0 spiro atoms. The van der Waals surface area contributed by atoms with E-state index in [-0.39, 0.29) is 5.83 Å². The first-order chi connectivity index (χ1) is 4.33. The minimum Gasteiger partial charge on any atom is -0.308 e. The molecule has 0 unspecified atom stereocenters. The van der Waals surface area contributed by atoms with Crippen molar-refractivity contribution in [1.29, 1.82) is 5.41 Å². The Morgan fingerprint density at radius 2 is 2.22 bits per heavy atom. The second-order valence-corrected chi connectivity index (χ2v) is 2.00. The Balaban J connectivity index is 2.69. The van der Waals surface area contributed by atoms with Crippen molar-refractivity contribution < 1.29 is 4.39 Å². The maximum Gasteiger partial charge on any atom is 0.100 e. The first kappa shape index (κ1) is 6.20. The number of rotatable bonds is 1. The summed E-state index contributed by atoms with van der Waals surface area (Å²) in [5.74, 6) is -0.0828. The third kappa shape index (κ3) is 1.49. The molecule has 0 atom stereocenters. The summed E-state index contributed by atoms with van der Waals surface area (Å²) < 4.78 is 12.2. The van der Waals surface area contributed by atoms with Crippen LogP contribution in [0.3, 0.4) is 0 Å². The van der Waals surface area contributed by atoms with Crippen LogP contribution < -0.4 is 0 Å². The van der Waals surface area contributed by atoms with Crippen molar-refractivity contribution in [2.24, 2.45) is 0 Å². The van der Waals surface area contributed by atoms with E-state index in [0.29, 0.717) is 12.8 Å². The van der Waals surface area contributed by atoms with Gasteiger partial charge in [-0.1, -0.05) is 6.08 Å². The van der Waals surface area contributed by atoms with Crippen molar-refractivity contribution in [3.63, 3.8) is 0 Å². The lowest BCUT2D eigenvalue weighted by molar-refractivity contribution is 0.585. The van der Waals surface area contributed by atoms with Crippen LogP contribution in [0, 0.1) is 5.41 Å². The summed E-state index contributed by atoms with van der Waals surface area (Å²) in [5.41, 5.74) is 0.899. The number of halogens is 1. The van der Waals surface area contributed by atoms with Crippen LogP contribution in [0.5, 0.6) is 0 Å². The minimum absolute atomic E-state index is 0.0828. The van der Waals surface area contributed by atoms with E-state index in [1.165, 1.54) is 12.3 Å². The van der Waals surface area contributed by atoms with Crippen molar-refractivity contribution in [3.8, 4) is 0 Å². The van der Waals surface area contributed by atoms with Crippen LogP contribution in [-0.4, -0.2) is 6.21 Å². The standard InChI is InChI=1S/C7H8FN/c8-7-3-1-6(5-9)2-4-7/h1,3,5,9H,2,4H2. The largest absolute Gasteiger partial charge is 0.308 e. The van der Waals surface area contributed by atoms with Crippen LogP contribution in [0.2, 0.25) is 0 Å². The number of allylic oxidation sites excluding steroid dienone is 4. The molecule has 0 radical (unpaired) electrons. The maximum absolute atomic E-state index is 12.2. The molecule has 0 aromatic carbocycles. The summed E-state index contributed by atoms with van der Waals surface area (Å²) in [5, 5.41) is 6.82. The number of nitrogens with one attached hydrogen (secondary N) is 1. The normalized spacial score (nSPS) is 18.3. The van der Waals surface area contributed by atoms with Crippen LogP contribution in [-0.2, 0) is 0 Å². The van der Waals surface area contributed by atoms with E-state index in [2.05, 4.69) is 0 Å². The van der Waals surface area contributed by atoms with Crippen molar-refractivity contribution >= 4 is 6.21 Å². The molecule has 1 aliphatic carbocycles. The second kappa shape index (κ2) is 2.58. The molecule has 1 nitrogen and oxygen atoms in total. The Morgan fingerprint density at radius 3 is 2.67 bits per heavy atom. The van der Waals surface area contributed by atoms with E-state index in [0.717, 1.165) is 5.57 Å². The average molecular weight is 125 g/mol. The van der Waals surface area contributed by atoms with E-state index in [1.807, 2.05) is 0 Å². The monoisotopic (exact) mass is 125 g/mol. The summed E-state index contributed by atoms with van der Waals surface area (Å²) >= 11 is 0. The minimum atomic E-state index is -0.0828. The molecule has 0 aromatic heterocycles. The Morgan fingerprint density at radius 1 is 1.44 bits per heavy atom. The second-order valence-electron chi connectivity index (χ2n) is 2.00. The van der Waals surface area contributed by atoms with Gasteiger partial charge in [-0.05, 0) is 18.1 Å². The lowest BCUT2D eigenvalue weighted by atomic mass is 10.1. The molecule has 48 valence electrons. The Kier molecular flexibility index (Phi) is 1.78. The molecule has 0 heterocycles. The zero-order valence-corrected chi connectivity index (χ0v) is 5.02. The van der Waals surface area contributed by atoms with Crippen LogP contribution in [0.25, 0.3) is 0 Å². The molecular formula is C7H8FN. The molecular weight excluding hydrogens is 117 g/mol. The average Bonchev–Trinajstić information content (AvgIpc) is 1.90. The van der Waals surface area contributed by atoms with Crippen LogP contribution in [0.4, 0.5) is 4.39 Å². The zero-order valence-electron chi connectivity index (χ0n) is 5.02. The van der Waals surface area contributed by atoms with E-state index < -0.39 is 0 Å². The molecule has 0 bridgehead atoms. The van der Waals surface area contributed by atoms with Gasteiger partial charge >= 0.3 is 0 Å². The third-order valence-electron chi connectivity index (χ3n) is 1.32. The number of hydrogen-bond donors (Lipinski definition) is 1. The molecule has 1 aliphatic rings. The molecule has 0 aliphatic heterocycles. The Bertz CT molecular complexity index is 179. The first-order valence-electron chi connectivity index (χ1n) is 2.88. The fourth-order valence-electron chi connectivity index (χ4n) is 0.748. The first-order valence-corrected chi connectivity index (χ1v) is 2.88. The summed E-state index contributed by atoms with van der Waals surface area (Å²) in [6.07, 6.45) is 5.46. The van der Waals surface area contributed by atoms with Crippen LogP contribution in [0.1, 0.15) is 12.8 Å². The summed E-state index contributed by atoms with van der Waals surface area (Å²) in [6.45, 7) is 0. The van der Waals surface area contributed by atoms with E-state index in [1.54, 1.807) is 6.08 Å². The molecule has 0 saturated carbocycles. The Labute approximate surface area is 53.4 Å². The molecule has 2 heteroatoms. The highest BCUT2D eigenvalue weighted by Crippen LogP contribution is 2.16. The molecule has 0 amide bonds. The number of hydrogen-bond acceptors (Lipinski definition) is 1. The van der Waals surface area contributed by atoms with E-state index >= 15 is 0 Å². The lowest BCUT2D eigenvalue weighted by Crippen LogP contribution is -1.89. The summed E-state index contributed by atoms with van der Waals surface area (Å²) in [4.78, 5) is 0. The molecule has 0 fully saturated rings. The highest BCUT2D eigenvalue weighted by atomic mass is 19.1. The topological polar surface area (TPSA) is 23.9 Å². The fourth-order valence-corrected chi connectivity index (χ4v) is 0.748. The quantitative estimate of drug-likeness (QED) is 0.519. The van der Waals surface area contributed by atoms with Gasteiger partial charge in [0.2, 0.25) is 0 Å². The maximum atomic E-state index is 12.2. The molecule has 1 rings (SSSR count). The molecule has 0 aromatic rings. The van der Waals surface area contributed by atoms with Gasteiger partial charge in [0.1, 0.15) is 5.83 Å². The molecule has 1 N–H and O–H groups in total.